The minimum Gasteiger partial charge on any atom is -0.507 e. The van der Waals surface area contributed by atoms with Crippen molar-refractivity contribution in [3.05, 3.63) is 42.0 Å². The summed E-state index contributed by atoms with van der Waals surface area (Å²) in [5.41, 5.74) is -0.0388. The third-order valence-corrected chi connectivity index (χ3v) is 2.93. The summed E-state index contributed by atoms with van der Waals surface area (Å²) < 4.78 is 0. The molecule has 0 saturated carbocycles. The topological polar surface area (TPSA) is 173 Å². The molecule has 6 N–H and O–H groups in total. The van der Waals surface area contributed by atoms with Crippen LogP contribution in [0.1, 0.15) is 10.4 Å². The van der Waals surface area contributed by atoms with Crippen molar-refractivity contribution in [3.8, 4) is 5.75 Å². The Kier molecular flexibility index (Phi) is 8.34. The standard InChI is InChI=1S/C11H8O3.C4H6O6.ClH/c12-9-6-5-7-3-1-2-4-8(7)10(9)11(13)14;5-1(3(7)8)2(6)4(9)10;/h1-6,12H,(H,13,14);1-2,5-6H,(H,7,8)(H,9,10);1H. The van der Waals surface area contributed by atoms with Gasteiger partial charge in [0.1, 0.15) is 11.3 Å². The molecule has 0 radical (unpaired) electrons. The summed E-state index contributed by atoms with van der Waals surface area (Å²) in [6, 6.07) is 10.1. The number of hydrogen-bond acceptors (Lipinski definition) is 6. The fourth-order valence-electron chi connectivity index (χ4n) is 1.75. The van der Waals surface area contributed by atoms with Gasteiger partial charge in [0.25, 0.3) is 0 Å². The van der Waals surface area contributed by atoms with Gasteiger partial charge in [-0.2, -0.15) is 0 Å². The van der Waals surface area contributed by atoms with Gasteiger partial charge in [-0.25, -0.2) is 14.4 Å². The lowest BCUT2D eigenvalue weighted by Crippen LogP contribution is -2.39. The van der Waals surface area contributed by atoms with Gasteiger partial charge in [0.15, 0.2) is 12.2 Å². The fourth-order valence-corrected chi connectivity index (χ4v) is 1.75. The Labute approximate surface area is 146 Å². The van der Waals surface area contributed by atoms with Crippen molar-refractivity contribution in [2.75, 3.05) is 0 Å². The smallest absolute Gasteiger partial charge is 0.340 e. The number of aromatic carboxylic acids is 1. The summed E-state index contributed by atoms with van der Waals surface area (Å²) in [6.07, 6.45) is -4.53. The van der Waals surface area contributed by atoms with E-state index in [0.717, 1.165) is 5.39 Å². The van der Waals surface area contributed by atoms with E-state index in [-0.39, 0.29) is 23.7 Å². The van der Waals surface area contributed by atoms with Crippen molar-refractivity contribution in [1.29, 1.82) is 0 Å². The first-order valence-corrected chi connectivity index (χ1v) is 6.42. The number of benzene rings is 2. The Hall–Kier alpha value is -2.88. The van der Waals surface area contributed by atoms with E-state index < -0.39 is 30.1 Å². The first kappa shape index (κ1) is 22.1. The molecule has 10 heteroatoms. The summed E-state index contributed by atoms with van der Waals surface area (Å²) in [5.74, 6) is -4.85. The first-order valence-electron chi connectivity index (χ1n) is 6.42. The van der Waals surface area contributed by atoms with Gasteiger partial charge in [-0.3, -0.25) is 0 Å². The molecule has 2 unspecified atom stereocenters. The number of aliphatic hydroxyl groups excluding tert-OH is 2. The molecule has 0 spiro atoms. The zero-order valence-corrected chi connectivity index (χ0v) is 13.3. The highest BCUT2D eigenvalue weighted by atomic mass is 35.5. The average Bonchev–Trinajstić information content (AvgIpc) is 2.53. The van der Waals surface area contributed by atoms with Crippen LogP contribution in [0, 0.1) is 0 Å². The number of aliphatic carboxylic acids is 2. The maximum Gasteiger partial charge on any atom is 0.340 e. The quantitative estimate of drug-likeness (QED) is 0.446. The highest BCUT2D eigenvalue weighted by Gasteiger charge is 2.29. The molecule has 0 amide bonds. The maximum atomic E-state index is 10.9. The Morgan fingerprint density at radius 1 is 0.800 bits per heavy atom. The van der Waals surface area contributed by atoms with Crippen molar-refractivity contribution in [2.24, 2.45) is 0 Å². The van der Waals surface area contributed by atoms with Gasteiger partial charge < -0.3 is 30.6 Å². The van der Waals surface area contributed by atoms with E-state index >= 15 is 0 Å². The van der Waals surface area contributed by atoms with Crippen LogP contribution in [-0.2, 0) is 9.59 Å². The molecule has 2 aromatic carbocycles. The summed E-state index contributed by atoms with van der Waals surface area (Å²) in [4.78, 5) is 30.4. The average molecular weight is 375 g/mol. The molecule has 2 aromatic rings. The second-order valence-corrected chi connectivity index (χ2v) is 4.55. The normalized spacial score (nSPS) is 12.1. The minimum atomic E-state index is -2.27. The van der Waals surface area contributed by atoms with Gasteiger partial charge in [-0.1, -0.05) is 30.3 Å². The largest absolute Gasteiger partial charge is 0.507 e. The second-order valence-electron chi connectivity index (χ2n) is 4.55. The second kappa shape index (κ2) is 9.42. The van der Waals surface area contributed by atoms with E-state index in [1.807, 2.05) is 6.07 Å². The van der Waals surface area contributed by atoms with E-state index in [9.17, 15) is 19.5 Å². The van der Waals surface area contributed by atoms with Crippen LogP contribution >= 0.6 is 12.4 Å². The summed E-state index contributed by atoms with van der Waals surface area (Å²) in [6.45, 7) is 0. The van der Waals surface area contributed by atoms with Crippen LogP contribution in [0.15, 0.2) is 36.4 Å². The van der Waals surface area contributed by atoms with Crippen LogP contribution in [-0.4, -0.2) is 60.8 Å². The molecule has 2 atom stereocenters. The molecule has 0 aliphatic rings. The lowest BCUT2D eigenvalue weighted by atomic mass is 10.0. The van der Waals surface area contributed by atoms with Crippen molar-refractivity contribution in [1.82, 2.24) is 0 Å². The fraction of sp³-hybridized carbons (Fsp3) is 0.133. The predicted molar refractivity (Wildman–Crippen MR) is 87.1 cm³/mol. The Bertz CT molecular complexity index is 757. The molecule has 136 valence electrons. The number of halogens is 1. The summed E-state index contributed by atoms with van der Waals surface area (Å²) in [7, 11) is 0. The van der Waals surface area contributed by atoms with Crippen LogP contribution in [0.25, 0.3) is 10.8 Å². The number of carboxylic acid groups (broad SMARTS) is 3. The third-order valence-electron chi connectivity index (χ3n) is 2.93. The van der Waals surface area contributed by atoms with E-state index in [4.69, 9.17) is 25.5 Å². The number of rotatable bonds is 4. The lowest BCUT2D eigenvalue weighted by Gasteiger charge is -2.07. The number of phenols is 1. The molecule has 0 heterocycles. The van der Waals surface area contributed by atoms with Gasteiger partial charge in [0.05, 0.1) is 0 Å². The molecule has 0 bridgehead atoms. The van der Waals surface area contributed by atoms with Crippen molar-refractivity contribution < 1.29 is 45.0 Å². The molecule has 0 aromatic heterocycles. The van der Waals surface area contributed by atoms with Gasteiger partial charge >= 0.3 is 17.9 Å². The zero-order chi connectivity index (χ0) is 18.4. The van der Waals surface area contributed by atoms with E-state index in [1.54, 1.807) is 24.3 Å². The molecule has 2 rings (SSSR count). The maximum absolute atomic E-state index is 10.9. The van der Waals surface area contributed by atoms with Crippen LogP contribution in [0.3, 0.4) is 0 Å². The van der Waals surface area contributed by atoms with Gasteiger partial charge in [-0.05, 0) is 16.8 Å². The molecule has 0 aliphatic carbocycles. The molecule has 25 heavy (non-hydrogen) atoms. The molecular formula is C15H15ClO9. The van der Waals surface area contributed by atoms with Crippen LogP contribution in [0.2, 0.25) is 0 Å². The lowest BCUT2D eigenvalue weighted by molar-refractivity contribution is -0.165. The predicted octanol–water partition coefficient (Wildman–Crippen LogP) is 0.543. The van der Waals surface area contributed by atoms with Crippen molar-refractivity contribution >= 4 is 41.1 Å². The van der Waals surface area contributed by atoms with Crippen LogP contribution < -0.4 is 0 Å². The number of fused-ring (bicyclic) bond motifs is 1. The highest BCUT2D eigenvalue weighted by Crippen LogP contribution is 2.26. The first-order chi connectivity index (χ1) is 11.2. The monoisotopic (exact) mass is 374 g/mol. The summed E-state index contributed by atoms with van der Waals surface area (Å²) >= 11 is 0. The van der Waals surface area contributed by atoms with Crippen LogP contribution in [0.4, 0.5) is 0 Å². The number of hydrogen-bond donors (Lipinski definition) is 6. The van der Waals surface area contributed by atoms with Gasteiger partial charge in [0.2, 0.25) is 0 Å². The summed E-state index contributed by atoms with van der Waals surface area (Å²) in [5, 5.41) is 52.2. The molecule has 0 aliphatic heterocycles. The number of carboxylic acids is 3. The van der Waals surface area contributed by atoms with Crippen molar-refractivity contribution in [3.63, 3.8) is 0 Å². The Balaban J connectivity index is 0.000000471. The number of carbonyl (C=O) groups is 3. The Morgan fingerprint density at radius 3 is 1.72 bits per heavy atom. The third kappa shape index (κ3) is 5.60. The SMILES string of the molecule is Cl.O=C(O)C(O)C(O)C(=O)O.O=C(O)c1c(O)ccc2ccccc12. The highest BCUT2D eigenvalue weighted by molar-refractivity contribution is 6.06. The zero-order valence-electron chi connectivity index (χ0n) is 12.4. The van der Waals surface area contributed by atoms with Gasteiger partial charge in [-0.15, -0.1) is 12.4 Å². The number of aliphatic hydroxyl groups is 2. The van der Waals surface area contributed by atoms with Crippen molar-refractivity contribution in [2.45, 2.75) is 12.2 Å². The molecule has 9 nitrogen and oxygen atoms in total. The van der Waals surface area contributed by atoms with E-state index in [0.29, 0.717) is 5.39 Å². The van der Waals surface area contributed by atoms with E-state index in [2.05, 4.69) is 0 Å². The molecule has 0 saturated heterocycles. The molecule has 0 fully saturated rings. The minimum absolute atomic E-state index is 0. The van der Waals surface area contributed by atoms with Crippen LogP contribution in [0.5, 0.6) is 5.75 Å². The molecular weight excluding hydrogens is 360 g/mol. The number of aromatic hydroxyl groups is 1. The van der Waals surface area contributed by atoms with E-state index in [1.165, 1.54) is 6.07 Å². The van der Waals surface area contributed by atoms with Gasteiger partial charge in [0, 0.05) is 0 Å². The Morgan fingerprint density at radius 2 is 1.28 bits per heavy atom.